The maximum absolute atomic E-state index is 12.5. The van der Waals surface area contributed by atoms with E-state index >= 15 is 0 Å². The molecule has 0 N–H and O–H groups in total. The average molecular weight is 369 g/mol. The quantitative estimate of drug-likeness (QED) is 0.565. The molecule has 0 saturated carbocycles. The summed E-state index contributed by atoms with van der Waals surface area (Å²) in [6, 6.07) is 7.32. The highest BCUT2D eigenvalue weighted by Crippen LogP contribution is 2.24. The molecule has 8 heteroatoms. The van der Waals surface area contributed by atoms with Crippen LogP contribution in [-0.4, -0.2) is 18.5 Å². The summed E-state index contributed by atoms with van der Waals surface area (Å²) in [7, 11) is 0. The van der Waals surface area contributed by atoms with Crippen molar-refractivity contribution in [2.45, 2.75) is 26.3 Å². The predicted octanol–water partition coefficient (Wildman–Crippen LogP) is 3.76. The Morgan fingerprint density at radius 3 is 2.65 bits per heavy atom. The van der Waals surface area contributed by atoms with Crippen molar-refractivity contribution in [2.24, 2.45) is 0 Å². The van der Waals surface area contributed by atoms with Gasteiger partial charge in [-0.2, -0.15) is 0 Å². The zero-order valence-electron chi connectivity index (χ0n) is 12.5. The van der Waals surface area contributed by atoms with Crippen LogP contribution in [0.15, 0.2) is 29.1 Å². The molecule has 0 atom stereocenters. The fraction of sp³-hybridized carbons (Fsp3) is 0.267. The van der Waals surface area contributed by atoms with Gasteiger partial charge in [-0.05, 0) is 17.7 Å². The molecule has 5 nitrogen and oxygen atoms in total. The van der Waals surface area contributed by atoms with Gasteiger partial charge in [-0.3, -0.25) is 4.57 Å². The molecule has 0 saturated heterocycles. The van der Waals surface area contributed by atoms with E-state index in [1.807, 2.05) is 32.0 Å². The topological polar surface area (TPSA) is 52.7 Å². The molecule has 0 bridgehead atoms. The summed E-state index contributed by atoms with van der Waals surface area (Å²) in [5.41, 5.74) is 1.45. The lowest BCUT2D eigenvalue weighted by atomic mass is 10.2. The minimum absolute atomic E-state index is 0.0925. The molecule has 23 heavy (non-hydrogen) atoms. The third-order valence-electron chi connectivity index (χ3n) is 3.47. The molecular weight excluding hydrogens is 355 g/mol. The molecule has 0 aliphatic heterocycles. The lowest BCUT2D eigenvalue weighted by Crippen LogP contribution is -2.21. The van der Waals surface area contributed by atoms with Crippen molar-refractivity contribution < 1.29 is 0 Å². The standard InChI is InChI=1S/C15H14Cl2N4OS/c1-8(2)13-18-12(17)11-14(19-13)20(15(22)21(11)23)7-9-4-3-5-10(16)6-9/h3-6,8,23H,7H2,1-2H3. The summed E-state index contributed by atoms with van der Waals surface area (Å²) in [6.45, 7) is 4.26. The Morgan fingerprint density at radius 2 is 2.00 bits per heavy atom. The largest absolute Gasteiger partial charge is 0.340 e. The minimum Gasteiger partial charge on any atom is -0.271 e. The summed E-state index contributed by atoms with van der Waals surface area (Å²) >= 11 is 16.5. The van der Waals surface area contributed by atoms with E-state index in [0.717, 1.165) is 5.56 Å². The molecule has 0 aliphatic rings. The molecule has 3 aromatic rings. The number of fused-ring (bicyclic) bond motifs is 1. The Bertz CT molecular complexity index is 949. The number of hydrogen-bond donors (Lipinski definition) is 1. The molecular formula is C15H14Cl2N4OS. The second kappa shape index (κ2) is 6.19. The van der Waals surface area contributed by atoms with Crippen molar-refractivity contribution in [3.8, 4) is 0 Å². The van der Waals surface area contributed by atoms with Crippen LogP contribution in [-0.2, 0) is 6.54 Å². The molecule has 0 spiro atoms. The number of nitrogens with zero attached hydrogens (tertiary/aromatic N) is 4. The first-order valence-electron chi connectivity index (χ1n) is 7.01. The van der Waals surface area contributed by atoms with Crippen molar-refractivity contribution in [2.75, 3.05) is 0 Å². The van der Waals surface area contributed by atoms with Gasteiger partial charge < -0.3 is 0 Å². The van der Waals surface area contributed by atoms with E-state index in [4.69, 9.17) is 23.2 Å². The van der Waals surface area contributed by atoms with Gasteiger partial charge in [0.15, 0.2) is 10.8 Å². The summed E-state index contributed by atoms with van der Waals surface area (Å²) in [5.74, 6) is 0.677. The lowest BCUT2D eigenvalue weighted by molar-refractivity contribution is 0.748. The molecule has 2 aromatic heterocycles. The summed E-state index contributed by atoms with van der Waals surface area (Å²) < 4.78 is 2.69. The van der Waals surface area contributed by atoms with Gasteiger partial charge in [0.05, 0.1) is 6.54 Å². The van der Waals surface area contributed by atoms with Crippen LogP contribution >= 0.6 is 36.0 Å². The second-order valence-electron chi connectivity index (χ2n) is 5.51. The Labute approximate surface area is 148 Å². The van der Waals surface area contributed by atoms with E-state index in [9.17, 15) is 4.79 Å². The summed E-state index contributed by atoms with van der Waals surface area (Å²) in [4.78, 5) is 21.2. The van der Waals surface area contributed by atoms with Gasteiger partial charge in [-0.15, -0.1) is 0 Å². The van der Waals surface area contributed by atoms with E-state index < -0.39 is 0 Å². The van der Waals surface area contributed by atoms with Crippen molar-refractivity contribution in [1.82, 2.24) is 18.5 Å². The Morgan fingerprint density at radius 1 is 1.26 bits per heavy atom. The summed E-state index contributed by atoms with van der Waals surface area (Å²) in [6.07, 6.45) is 0. The van der Waals surface area contributed by atoms with Crippen LogP contribution in [0.2, 0.25) is 10.2 Å². The average Bonchev–Trinajstić information content (AvgIpc) is 2.72. The molecule has 1 aromatic carbocycles. The van der Waals surface area contributed by atoms with Crippen LogP contribution in [0, 0.1) is 0 Å². The zero-order valence-corrected chi connectivity index (χ0v) is 14.9. The molecule has 0 fully saturated rings. The second-order valence-corrected chi connectivity index (χ2v) is 6.70. The van der Waals surface area contributed by atoms with Crippen molar-refractivity contribution in [3.05, 3.63) is 56.3 Å². The number of aromatic nitrogens is 4. The van der Waals surface area contributed by atoms with Gasteiger partial charge in [0.2, 0.25) is 0 Å². The van der Waals surface area contributed by atoms with E-state index in [-0.39, 0.29) is 16.8 Å². The van der Waals surface area contributed by atoms with Gasteiger partial charge >= 0.3 is 5.69 Å². The Kier molecular flexibility index (Phi) is 4.40. The fourth-order valence-electron chi connectivity index (χ4n) is 2.32. The van der Waals surface area contributed by atoms with Gasteiger partial charge in [0.25, 0.3) is 0 Å². The molecule has 0 radical (unpaired) electrons. The number of imidazole rings is 1. The normalized spacial score (nSPS) is 11.6. The van der Waals surface area contributed by atoms with Crippen molar-refractivity contribution in [1.29, 1.82) is 0 Å². The smallest absolute Gasteiger partial charge is 0.271 e. The molecule has 120 valence electrons. The van der Waals surface area contributed by atoms with Gasteiger partial charge in [-0.1, -0.05) is 62.0 Å². The monoisotopic (exact) mass is 368 g/mol. The molecule has 0 aliphatic carbocycles. The minimum atomic E-state index is -0.319. The number of benzene rings is 1. The maximum Gasteiger partial charge on any atom is 0.340 e. The van der Waals surface area contributed by atoms with Crippen LogP contribution in [0.3, 0.4) is 0 Å². The lowest BCUT2D eigenvalue weighted by Gasteiger charge is -2.07. The number of rotatable bonds is 3. The third kappa shape index (κ3) is 2.98. The van der Waals surface area contributed by atoms with E-state index in [2.05, 4.69) is 22.8 Å². The maximum atomic E-state index is 12.5. The van der Waals surface area contributed by atoms with E-state index in [0.29, 0.717) is 28.6 Å². The number of thiol groups is 1. The fourth-order valence-corrected chi connectivity index (χ4v) is 3.14. The van der Waals surface area contributed by atoms with E-state index in [1.165, 1.54) is 8.54 Å². The highest BCUT2D eigenvalue weighted by molar-refractivity contribution is 7.78. The van der Waals surface area contributed by atoms with Crippen LogP contribution in [0.5, 0.6) is 0 Å². The molecule has 0 unspecified atom stereocenters. The van der Waals surface area contributed by atoms with Gasteiger partial charge in [-0.25, -0.2) is 18.7 Å². The first kappa shape index (κ1) is 16.4. The van der Waals surface area contributed by atoms with Gasteiger partial charge in [0, 0.05) is 10.9 Å². The van der Waals surface area contributed by atoms with Crippen molar-refractivity contribution >= 4 is 47.2 Å². The van der Waals surface area contributed by atoms with Crippen LogP contribution in [0.4, 0.5) is 0 Å². The highest BCUT2D eigenvalue weighted by Gasteiger charge is 2.19. The van der Waals surface area contributed by atoms with Crippen LogP contribution in [0.1, 0.15) is 31.2 Å². The molecule has 0 amide bonds. The third-order valence-corrected chi connectivity index (χ3v) is 4.34. The summed E-state index contributed by atoms with van der Waals surface area (Å²) in [5, 5.41) is 0.830. The van der Waals surface area contributed by atoms with Crippen molar-refractivity contribution in [3.63, 3.8) is 0 Å². The zero-order chi connectivity index (χ0) is 16.7. The predicted molar refractivity (Wildman–Crippen MR) is 95.8 cm³/mol. The number of hydrogen-bond acceptors (Lipinski definition) is 4. The van der Waals surface area contributed by atoms with Crippen LogP contribution < -0.4 is 5.69 Å². The van der Waals surface area contributed by atoms with Crippen LogP contribution in [0.25, 0.3) is 11.2 Å². The van der Waals surface area contributed by atoms with E-state index in [1.54, 1.807) is 6.07 Å². The Balaban J connectivity index is 2.23. The Hall–Kier alpha value is -1.50. The SMILES string of the molecule is CC(C)c1nc(Cl)c2c(n1)n(Cc1cccc(Cl)c1)c(=O)n2S. The molecule has 3 rings (SSSR count). The molecule has 2 heterocycles. The van der Waals surface area contributed by atoms with Gasteiger partial charge in [0.1, 0.15) is 11.3 Å². The number of halogens is 2. The first-order chi connectivity index (χ1) is 10.9. The highest BCUT2D eigenvalue weighted by atomic mass is 35.5. The first-order valence-corrected chi connectivity index (χ1v) is 8.16.